The number of rotatable bonds is 5. The molecule has 0 spiro atoms. The molecule has 1 aromatic heterocycles. The summed E-state index contributed by atoms with van der Waals surface area (Å²) >= 11 is 6.12. The minimum atomic E-state index is 0.363. The molecule has 2 rings (SSSR count). The van der Waals surface area contributed by atoms with Crippen LogP contribution in [0.25, 0.3) is 0 Å². The third kappa shape index (κ3) is 3.86. The zero-order chi connectivity index (χ0) is 13.7. The molecule has 0 aliphatic carbocycles. The van der Waals surface area contributed by atoms with E-state index < -0.39 is 0 Å². The van der Waals surface area contributed by atoms with Gasteiger partial charge in [0.1, 0.15) is 18.2 Å². The zero-order valence-corrected chi connectivity index (χ0v) is 11.9. The van der Waals surface area contributed by atoms with Crippen molar-refractivity contribution in [2.45, 2.75) is 20.5 Å². The number of benzene rings is 1. The number of hydrogen-bond acceptors (Lipinski definition) is 3. The summed E-state index contributed by atoms with van der Waals surface area (Å²) < 4.78 is 5.71. The predicted molar refractivity (Wildman–Crippen MR) is 78.9 cm³/mol. The standard InChI is InChI=1S/C15H17ClN2O/c1-3-17-15-8-7-13(16)14(18-15)10-19-12-6-4-5-11(2)9-12/h4-9H,3,10H2,1-2H3,(H,17,18). The van der Waals surface area contributed by atoms with E-state index in [-0.39, 0.29) is 0 Å². The molecule has 2 aromatic rings. The van der Waals surface area contributed by atoms with E-state index >= 15 is 0 Å². The van der Waals surface area contributed by atoms with Crippen molar-refractivity contribution in [2.24, 2.45) is 0 Å². The van der Waals surface area contributed by atoms with E-state index in [1.807, 2.05) is 50.2 Å². The SMILES string of the molecule is CCNc1ccc(Cl)c(COc2cccc(C)c2)n1. The second-order valence-corrected chi connectivity index (χ2v) is 4.67. The van der Waals surface area contributed by atoms with Gasteiger partial charge in [0.15, 0.2) is 0 Å². The van der Waals surface area contributed by atoms with E-state index in [1.165, 1.54) is 0 Å². The fourth-order valence-corrected chi connectivity index (χ4v) is 1.88. The molecule has 19 heavy (non-hydrogen) atoms. The van der Waals surface area contributed by atoms with Gasteiger partial charge in [-0.3, -0.25) is 0 Å². The average molecular weight is 277 g/mol. The highest BCUT2D eigenvalue weighted by atomic mass is 35.5. The fourth-order valence-electron chi connectivity index (χ4n) is 1.72. The smallest absolute Gasteiger partial charge is 0.132 e. The Bertz CT molecular complexity index is 558. The van der Waals surface area contributed by atoms with Crippen molar-refractivity contribution in [3.8, 4) is 5.75 Å². The topological polar surface area (TPSA) is 34.1 Å². The summed E-state index contributed by atoms with van der Waals surface area (Å²) in [5, 5.41) is 3.78. The minimum Gasteiger partial charge on any atom is -0.487 e. The average Bonchev–Trinajstić information content (AvgIpc) is 2.40. The van der Waals surface area contributed by atoms with Crippen LogP contribution in [-0.4, -0.2) is 11.5 Å². The Kier molecular flexibility index (Phi) is 4.63. The summed E-state index contributed by atoms with van der Waals surface area (Å²) in [6.45, 7) is 5.25. The summed E-state index contributed by atoms with van der Waals surface area (Å²) in [6.07, 6.45) is 0. The molecular weight excluding hydrogens is 260 g/mol. The van der Waals surface area contributed by atoms with Gasteiger partial charge < -0.3 is 10.1 Å². The molecule has 0 unspecified atom stereocenters. The molecule has 0 bridgehead atoms. The number of nitrogens with one attached hydrogen (secondary N) is 1. The maximum absolute atomic E-state index is 6.12. The van der Waals surface area contributed by atoms with E-state index in [0.717, 1.165) is 29.4 Å². The van der Waals surface area contributed by atoms with Gasteiger partial charge in [0.2, 0.25) is 0 Å². The molecule has 0 saturated carbocycles. The van der Waals surface area contributed by atoms with Crippen molar-refractivity contribution < 1.29 is 4.74 Å². The van der Waals surface area contributed by atoms with Crippen molar-refractivity contribution in [3.63, 3.8) is 0 Å². The summed E-state index contributed by atoms with van der Waals surface area (Å²) in [4.78, 5) is 4.43. The second kappa shape index (κ2) is 6.43. The van der Waals surface area contributed by atoms with E-state index in [1.54, 1.807) is 0 Å². The van der Waals surface area contributed by atoms with Crippen molar-refractivity contribution in [3.05, 3.63) is 52.7 Å². The van der Waals surface area contributed by atoms with Crippen LogP contribution in [0, 0.1) is 6.92 Å². The molecule has 0 fully saturated rings. The van der Waals surface area contributed by atoms with Crippen molar-refractivity contribution in [1.82, 2.24) is 4.98 Å². The van der Waals surface area contributed by atoms with Crippen LogP contribution in [0.5, 0.6) is 5.75 Å². The summed E-state index contributed by atoms with van der Waals surface area (Å²) in [6, 6.07) is 11.6. The van der Waals surface area contributed by atoms with Crippen LogP contribution in [-0.2, 0) is 6.61 Å². The highest BCUT2D eigenvalue weighted by Crippen LogP contribution is 2.20. The number of ether oxygens (including phenoxy) is 1. The Hall–Kier alpha value is -1.74. The van der Waals surface area contributed by atoms with Gasteiger partial charge in [-0.2, -0.15) is 0 Å². The molecule has 1 heterocycles. The van der Waals surface area contributed by atoms with Crippen molar-refractivity contribution in [2.75, 3.05) is 11.9 Å². The lowest BCUT2D eigenvalue weighted by Gasteiger charge is -2.10. The second-order valence-electron chi connectivity index (χ2n) is 4.26. The first-order chi connectivity index (χ1) is 9.19. The van der Waals surface area contributed by atoms with Gasteiger partial charge in [0.05, 0.1) is 10.7 Å². The van der Waals surface area contributed by atoms with Gasteiger partial charge in [0, 0.05) is 6.54 Å². The summed E-state index contributed by atoms with van der Waals surface area (Å²) in [5.41, 5.74) is 1.90. The van der Waals surface area contributed by atoms with Crippen LogP contribution >= 0.6 is 11.6 Å². The number of hydrogen-bond donors (Lipinski definition) is 1. The number of aromatic nitrogens is 1. The summed E-state index contributed by atoms with van der Waals surface area (Å²) in [7, 11) is 0. The highest BCUT2D eigenvalue weighted by Gasteiger charge is 2.05. The molecule has 1 aromatic carbocycles. The van der Waals surface area contributed by atoms with E-state index in [9.17, 15) is 0 Å². The number of halogens is 1. The van der Waals surface area contributed by atoms with Crippen LogP contribution in [0.3, 0.4) is 0 Å². The van der Waals surface area contributed by atoms with Gasteiger partial charge in [-0.25, -0.2) is 4.98 Å². The maximum Gasteiger partial charge on any atom is 0.132 e. The van der Waals surface area contributed by atoms with Gasteiger partial charge in [-0.15, -0.1) is 0 Å². The first kappa shape index (κ1) is 13.7. The third-order valence-electron chi connectivity index (χ3n) is 2.64. The Morgan fingerprint density at radius 2 is 2.11 bits per heavy atom. The van der Waals surface area contributed by atoms with Gasteiger partial charge in [-0.05, 0) is 43.7 Å². The summed E-state index contributed by atoms with van der Waals surface area (Å²) in [5.74, 6) is 1.64. The third-order valence-corrected chi connectivity index (χ3v) is 2.99. The number of aryl methyl sites for hydroxylation is 1. The Labute approximate surface area is 118 Å². The van der Waals surface area contributed by atoms with Gasteiger partial charge >= 0.3 is 0 Å². The van der Waals surface area contributed by atoms with Gasteiger partial charge in [0.25, 0.3) is 0 Å². The van der Waals surface area contributed by atoms with Crippen LogP contribution in [0.15, 0.2) is 36.4 Å². The predicted octanol–water partition coefficient (Wildman–Crippen LogP) is 4.05. The molecular formula is C15H17ClN2O. The maximum atomic E-state index is 6.12. The number of pyridine rings is 1. The van der Waals surface area contributed by atoms with Crippen molar-refractivity contribution in [1.29, 1.82) is 0 Å². The number of anilines is 1. The van der Waals surface area contributed by atoms with Crippen molar-refractivity contribution >= 4 is 17.4 Å². The largest absolute Gasteiger partial charge is 0.487 e. The molecule has 1 N–H and O–H groups in total. The Morgan fingerprint density at radius 1 is 1.26 bits per heavy atom. The molecule has 0 radical (unpaired) electrons. The lowest BCUT2D eigenvalue weighted by Crippen LogP contribution is -2.04. The molecule has 0 atom stereocenters. The molecule has 4 heteroatoms. The molecule has 100 valence electrons. The molecule has 3 nitrogen and oxygen atoms in total. The quantitative estimate of drug-likeness (QED) is 0.894. The van der Waals surface area contributed by atoms with E-state index in [0.29, 0.717) is 11.6 Å². The first-order valence-electron chi connectivity index (χ1n) is 6.28. The normalized spacial score (nSPS) is 10.3. The molecule has 0 aliphatic rings. The lowest BCUT2D eigenvalue weighted by atomic mass is 10.2. The van der Waals surface area contributed by atoms with Crippen LogP contribution in [0.1, 0.15) is 18.2 Å². The van der Waals surface area contributed by atoms with E-state index in [4.69, 9.17) is 16.3 Å². The number of nitrogens with zero attached hydrogens (tertiary/aromatic N) is 1. The van der Waals surface area contributed by atoms with Gasteiger partial charge in [-0.1, -0.05) is 23.7 Å². The zero-order valence-electron chi connectivity index (χ0n) is 11.1. The van der Waals surface area contributed by atoms with Crippen LogP contribution in [0.2, 0.25) is 5.02 Å². The van der Waals surface area contributed by atoms with Crippen LogP contribution in [0.4, 0.5) is 5.82 Å². The minimum absolute atomic E-state index is 0.363. The molecule has 0 aliphatic heterocycles. The Balaban J connectivity index is 2.08. The highest BCUT2D eigenvalue weighted by molar-refractivity contribution is 6.31. The Morgan fingerprint density at radius 3 is 2.84 bits per heavy atom. The molecule has 0 saturated heterocycles. The lowest BCUT2D eigenvalue weighted by molar-refractivity contribution is 0.301. The fraction of sp³-hybridized carbons (Fsp3) is 0.267. The van der Waals surface area contributed by atoms with Crippen LogP contribution < -0.4 is 10.1 Å². The first-order valence-corrected chi connectivity index (χ1v) is 6.65. The molecule has 0 amide bonds. The van der Waals surface area contributed by atoms with E-state index in [2.05, 4.69) is 10.3 Å². The monoisotopic (exact) mass is 276 g/mol.